The largest absolute Gasteiger partial charge is 0.349 e. The predicted molar refractivity (Wildman–Crippen MR) is 71.3 cm³/mol. The van der Waals surface area contributed by atoms with Gasteiger partial charge < -0.3 is 11.1 Å². The van der Waals surface area contributed by atoms with Crippen LogP contribution in [0.1, 0.15) is 48.2 Å². The van der Waals surface area contributed by atoms with Gasteiger partial charge in [0, 0.05) is 29.9 Å². The molecule has 0 aliphatic heterocycles. The van der Waals surface area contributed by atoms with Gasteiger partial charge in [0.2, 0.25) is 0 Å². The number of nitrogens with zero attached hydrogens (tertiary/aromatic N) is 1. The van der Waals surface area contributed by atoms with Crippen LogP contribution in [0.15, 0.2) is 18.3 Å². The highest BCUT2D eigenvalue weighted by molar-refractivity contribution is 5.94. The van der Waals surface area contributed by atoms with Gasteiger partial charge in [0.1, 0.15) is 0 Å². The van der Waals surface area contributed by atoms with E-state index in [1.54, 1.807) is 12.3 Å². The summed E-state index contributed by atoms with van der Waals surface area (Å²) in [5, 5.41) is 3.11. The van der Waals surface area contributed by atoms with Crippen molar-refractivity contribution in [2.75, 3.05) is 6.54 Å². The highest BCUT2D eigenvalue weighted by Crippen LogP contribution is 2.17. The Morgan fingerprint density at radius 1 is 1.39 bits per heavy atom. The summed E-state index contributed by atoms with van der Waals surface area (Å²) in [6, 6.07) is 3.95. The maximum Gasteiger partial charge on any atom is 0.251 e. The Kier molecular flexibility index (Phi) is 4.70. The molecule has 1 fully saturated rings. The first-order chi connectivity index (χ1) is 8.79. The average Bonchev–Trinajstić information content (AvgIpc) is 2.40. The van der Waals surface area contributed by atoms with Gasteiger partial charge in [-0.05, 0) is 31.5 Å². The van der Waals surface area contributed by atoms with Gasteiger partial charge in [0.15, 0.2) is 0 Å². The lowest BCUT2D eigenvalue weighted by molar-refractivity contribution is 0.0927. The molecule has 0 radical (unpaired) electrons. The molecule has 1 amide bonds. The van der Waals surface area contributed by atoms with E-state index >= 15 is 0 Å². The second kappa shape index (κ2) is 6.50. The summed E-state index contributed by atoms with van der Waals surface area (Å²) in [6.45, 7) is 0.556. The molecule has 4 heteroatoms. The summed E-state index contributed by atoms with van der Waals surface area (Å²) in [5.74, 6) is 0.0163. The van der Waals surface area contributed by atoms with Crippen molar-refractivity contribution < 1.29 is 4.79 Å². The Hall–Kier alpha value is -1.42. The van der Waals surface area contributed by atoms with Crippen LogP contribution in [-0.2, 0) is 6.42 Å². The lowest BCUT2D eigenvalue weighted by Crippen LogP contribution is -2.36. The molecule has 2 rings (SSSR count). The molecule has 1 aromatic heterocycles. The summed E-state index contributed by atoms with van der Waals surface area (Å²) >= 11 is 0. The lowest BCUT2D eigenvalue weighted by Gasteiger charge is -2.22. The van der Waals surface area contributed by atoms with Crippen LogP contribution in [0.2, 0.25) is 0 Å². The number of aromatic nitrogens is 1. The van der Waals surface area contributed by atoms with Gasteiger partial charge in [-0.25, -0.2) is 0 Å². The maximum absolute atomic E-state index is 12.1. The molecule has 3 N–H and O–H groups in total. The zero-order valence-corrected chi connectivity index (χ0v) is 10.7. The topological polar surface area (TPSA) is 68.0 Å². The van der Waals surface area contributed by atoms with Crippen LogP contribution in [-0.4, -0.2) is 23.5 Å². The number of rotatable bonds is 4. The Balaban J connectivity index is 1.96. The molecule has 98 valence electrons. The van der Waals surface area contributed by atoms with E-state index in [2.05, 4.69) is 10.3 Å². The third-order valence-corrected chi connectivity index (χ3v) is 3.42. The fourth-order valence-corrected chi connectivity index (χ4v) is 2.42. The van der Waals surface area contributed by atoms with Crippen molar-refractivity contribution >= 4 is 5.91 Å². The summed E-state index contributed by atoms with van der Waals surface area (Å²) < 4.78 is 0. The molecule has 1 aliphatic rings. The van der Waals surface area contributed by atoms with Crippen molar-refractivity contribution in [3.05, 3.63) is 29.6 Å². The number of hydrogen-bond acceptors (Lipinski definition) is 3. The maximum atomic E-state index is 12.1. The molecular weight excluding hydrogens is 226 g/mol. The number of carbonyl (C=O) groups excluding carboxylic acids is 1. The molecule has 1 saturated carbocycles. The van der Waals surface area contributed by atoms with Gasteiger partial charge >= 0.3 is 0 Å². The Morgan fingerprint density at radius 3 is 2.89 bits per heavy atom. The molecular formula is C14H21N3O. The van der Waals surface area contributed by atoms with Crippen LogP contribution in [0.4, 0.5) is 0 Å². The number of carbonyl (C=O) groups is 1. The third-order valence-electron chi connectivity index (χ3n) is 3.42. The smallest absolute Gasteiger partial charge is 0.251 e. The van der Waals surface area contributed by atoms with E-state index in [0.29, 0.717) is 24.6 Å². The SMILES string of the molecule is NCCc1cc(C(=O)NC2CCCCC2)ccn1. The van der Waals surface area contributed by atoms with Crippen LogP contribution in [0.5, 0.6) is 0 Å². The Bertz CT molecular complexity index is 400. The van der Waals surface area contributed by atoms with Crippen molar-refractivity contribution in [3.63, 3.8) is 0 Å². The normalized spacial score (nSPS) is 16.5. The first-order valence-electron chi connectivity index (χ1n) is 6.75. The summed E-state index contributed by atoms with van der Waals surface area (Å²) in [7, 11) is 0. The van der Waals surface area contributed by atoms with Crippen molar-refractivity contribution in [2.45, 2.75) is 44.6 Å². The molecule has 1 heterocycles. The van der Waals surface area contributed by atoms with Gasteiger partial charge in [0.05, 0.1) is 0 Å². The third kappa shape index (κ3) is 3.53. The molecule has 0 spiro atoms. The molecule has 1 aliphatic carbocycles. The van der Waals surface area contributed by atoms with Gasteiger partial charge in [0.25, 0.3) is 5.91 Å². The minimum atomic E-state index is 0.0163. The highest BCUT2D eigenvalue weighted by Gasteiger charge is 2.16. The quantitative estimate of drug-likeness (QED) is 0.850. The molecule has 18 heavy (non-hydrogen) atoms. The zero-order chi connectivity index (χ0) is 12.8. The second-order valence-electron chi connectivity index (χ2n) is 4.88. The van der Waals surface area contributed by atoms with Crippen molar-refractivity contribution in [3.8, 4) is 0 Å². The minimum absolute atomic E-state index is 0.0163. The molecule has 4 nitrogen and oxygen atoms in total. The van der Waals surface area contributed by atoms with Crippen LogP contribution in [0, 0.1) is 0 Å². The van der Waals surface area contributed by atoms with Crippen molar-refractivity contribution in [2.24, 2.45) is 5.73 Å². The van der Waals surface area contributed by atoms with E-state index < -0.39 is 0 Å². The summed E-state index contributed by atoms with van der Waals surface area (Å²) in [6.07, 6.45) is 8.34. The fraction of sp³-hybridized carbons (Fsp3) is 0.571. The number of amides is 1. The van der Waals surface area contributed by atoms with Crippen LogP contribution in [0.25, 0.3) is 0 Å². The molecule has 0 atom stereocenters. The van der Waals surface area contributed by atoms with E-state index in [1.807, 2.05) is 6.07 Å². The summed E-state index contributed by atoms with van der Waals surface area (Å²) in [4.78, 5) is 16.3. The molecule has 1 aromatic rings. The van der Waals surface area contributed by atoms with Crippen LogP contribution < -0.4 is 11.1 Å². The number of hydrogen-bond donors (Lipinski definition) is 2. The lowest BCUT2D eigenvalue weighted by atomic mass is 9.95. The molecule has 0 bridgehead atoms. The van der Waals surface area contributed by atoms with Crippen LogP contribution >= 0.6 is 0 Å². The number of nitrogens with one attached hydrogen (secondary N) is 1. The first-order valence-corrected chi connectivity index (χ1v) is 6.75. The highest BCUT2D eigenvalue weighted by atomic mass is 16.1. The van der Waals surface area contributed by atoms with E-state index in [0.717, 1.165) is 18.5 Å². The van der Waals surface area contributed by atoms with Gasteiger partial charge in [-0.15, -0.1) is 0 Å². The Labute approximate surface area is 108 Å². The van der Waals surface area contributed by atoms with E-state index in [9.17, 15) is 4.79 Å². The van der Waals surface area contributed by atoms with Crippen molar-refractivity contribution in [1.29, 1.82) is 0 Å². The minimum Gasteiger partial charge on any atom is -0.349 e. The second-order valence-corrected chi connectivity index (χ2v) is 4.88. The van der Waals surface area contributed by atoms with Gasteiger partial charge in [-0.3, -0.25) is 9.78 Å². The van der Waals surface area contributed by atoms with Crippen LogP contribution in [0.3, 0.4) is 0 Å². The van der Waals surface area contributed by atoms with E-state index in [1.165, 1.54) is 19.3 Å². The summed E-state index contributed by atoms with van der Waals surface area (Å²) in [5.41, 5.74) is 7.07. The van der Waals surface area contributed by atoms with E-state index in [4.69, 9.17) is 5.73 Å². The van der Waals surface area contributed by atoms with Crippen molar-refractivity contribution in [1.82, 2.24) is 10.3 Å². The first kappa shape index (κ1) is 13.0. The monoisotopic (exact) mass is 247 g/mol. The standard InChI is InChI=1S/C14H21N3O/c15-8-6-13-10-11(7-9-16-13)14(18)17-12-4-2-1-3-5-12/h7,9-10,12H,1-6,8,15H2,(H,17,18). The molecule has 0 aromatic carbocycles. The Morgan fingerprint density at radius 2 is 2.17 bits per heavy atom. The number of pyridine rings is 1. The van der Waals surface area contributed by atoms with Gasteiger partial charge in [-0.2, -0.15) is 0 Å². The molecule has 0 saturated heterocycles. The number of nitrogens with two attached hydrogens (primary N) is 1. The predicted octanol–water partition coefficient (Wildman–Crippen LogP) is 1.65. The van der Waals surface area contributed by atoms with Gasteiger partial charge in [-0.1, -0.05) is 19.3 Å². The average molecular weight is 247 g/mol. The zero-order valence-electron chi connectivity index (χ0n) is 10.7. The molecule has 0 unspecified atom stereocenters. The fourth-order valence-electron chi connectivity index (χ4n) is 2.42. The van der Waals surface area contributed by atoms with E-state index in [-0.39, 0.29) is 5.91 Å².